The third-order valence-electron chi connectivity index (χ3n) is 5.68. The molecule has 0 radical (unpaired) electrons. The lowest BCUT2D eigenvalue weighted by Gasteiger charge is -2.31. The molecule has 1 aromatic carbocycles. The number of carbonyl (C=O) groups excluding carboxylic acids is 1. The lowest BCUT2D eigenvalue weighted by Crippen LogP contribution is -2.38. The van der Waals surface area contributed by atoms with Gasteiger partial charge in [0.25, 0.3) is 0 Å². The first-order chi connectivity index (χ1) is 14.0. The molecule has 4 rings (SSSR count). The van der Waals surface area contributed by atoms with Crippen LogP contribution in [0.3, 0.4) is 0 Å². The second-order valence-electron chi connectivity index (χ2n) is 7.53. The van der Waals surface area contributed by atoms with Crippen molar-refractivity contribution < 1.29 is 4.79 Å². The summed E-state index contributed by atoms with van der Waals surface area (Å²) in [5.74, 6) is 0.703. The third kappa shape index (κ3) is 4.46. The summed E-state index contributed by atoms with van der Waals surface area (Å²) in [5.41, 5.74) is 4.18. The first-order valence-corrected chi connectivity index (χ1v) is 12.1. The van der Waals surface area contributed by atoms with Crippen molar-refractivity contribution in [3.05, 3.63) is 46.2 Å². The minimum absolute atomic E-state index is 0.237. The molecule has 0 aliphatic carbocycles. The molecule has 1 aliphatic heterocycles. The Hall–Kier alpha value is -1.99. The van der Waals surface area contributed by atoms with Gasteiger partial charge in [0.2, 0.25) is 5.91 Å². The maximum Gasteiger partial charge on any atom is 0.222 e. The number of para-hydroxylation sites is 1. The lowest BCUT2D eigenvalue weighted by molar-refractivity contribution is -0.132. The molecule has 7 heteroatoms. The van der Waals surface area contributed by atoms with E-state index in [1.165, 1.54) is 9.71 Å². The number of piperidine rings is 1. The summed E-state index contributed by atoms with van der Waals surface area (Å²) >= 11 is 3.35. The zero-order chi connectivity index (χ0) is 20.4. The van der Waals surface area contributed by atoms with E-state index in [1.807, 2.05) is 31.1 Å². The van der Waals surface area contributed by atoms with Crippen LogP contribution in [-0.4, -0.2) is 45.1 Å². The number of hydrogen-bond acceptors (Lipinski definition) is 6. The van der Waals surface area contributed by atoms with Gasteiger partial charge in [0.05, 0.1) is 15.2 Å². The Kier molecular flexibility index (Phi) is 6.15. The van der Waals surface area contributed by atoms with Crippen molar-refractivity contribution in [3.63, 3.8) is 0 Å². The number of hydrogen-bond donors (Lipinski definition) is 0. The highest BCUT2D eigenvalue weighted by molar-refractivity contribution is 7.98. The molecule has 0 atom stereocenters. The van der Waals surface area contributed by atoms with Gasteiger partial charge in [-0.2, -0.15) is 0 Å². The van der Waals surface area contributed by atoms with Crippen molar-refractivity contribution in [1.82, 2.24) is 19.9 Å². The van der Waals surface area contributed by atoms with Crippen LogP contribution < -0.4 is 0 Å². The van der Waals surface area contributed by atoms with Gasteiger partial charge in [0.15, 0.2) is 5.16 Å². The number of thioether (sulfide) groups is 1. The van der Waals surface area contributed by atoms with E-state index in [0.717, 1.165) is 53.6 Å². The highest BCUT2D eigenvalue weighted by Crippen LogP contribution is 2.34. The van der Waals surface area contributed by atoms with Crippen molar-refractivity contribution >= 4 is 39.2 Å². The van der Waals surface area contributed by atoms with Crippen LogP contribution in [-0.2, 0) is 11.2 Å². The Bertz CT molecular complexity index is 969. The molecule has 1 aliphatic rings. The standard InChI is InChI=1S/C22H26N4OS2/c1-14-17(15(2)24-22(23-14)28-3)8-9-20(27)26-12-10-16(11-13-26)21-25-18-6-4-5-7-19(18)29-21/h4-7,16H,8-13H2,1-3H3. The van der Waals surface area contributed by atoms with Crippen LogP contribution in [0.15, 0.2) is 29.4 Å². The van der Waals surface area contributed by atoms with E-state index in [9.17, 15) is 4.79 Å². The minimum Gasteiger partial charge on any atom is -0.343 e. The summed E-state index contributed by atoms with van der Waals surface area (Å²) in [6, 6.07) is 8.31. The summed E-state index contributed by atoms with van der Waals surface area (Å²) < 4.78 is 1.25. The van der Waals surface area contributed by atoms with Crippen LogP contribution in [0.25, 0.3) is 10.2 Å². The molecule has 0 unspecified atom stereocenters. The average Bonchev–Trinajstić information content (AvgIpc) is 3.17. The molecule has 3 heterocycles. The first kappa shape index (κ1) is 20.3. The molecule has 1 saturated heterocycles. The number of benzene rings is 1. The van der Waals surface area contributed by atoms with E-state index in [0.29, 0.717) is 18.8 Å². The maximum absolute atomic E-state index is 12.8. The number of carbonyl (C=O) groups is 1. The monoisotopic (exact) mass is 426 g/mol. The Labute approximate surface area is 180 Å². The number of aromatic nitrogens is 3. The van der Waals surface area contributed by atoms with Crippen molar-refractivity contribution in [2.45, 2.75) is 50.6 Å². The summed E-state index contributed by atoms with van der Waals surface area (Å²) in [6.07, 6.45) is 5.21. The zero-order valence-corrected chi connectivity index (χ0v) is 18.8. The molecule has 0 bridgehead atoms. The largest absolute Gasteiger partial charge is 0.343 e. The van der Waals surface area contributed by atoms with Gasteiger partial charge in [-0.15, -0.1) is 11.3 Å². The molecular weight excluding hydrogens is 400 g/mol. The van der Waals surface area contributed by atoms with E-state index in [2.05, 4.69) is 28.2 Å². The fraction of sp³-hybridized carbons (Fsp3) is 0.455. The number of amides is 1. The predicted molar refractivity (Wildman–Crippen MR) is 120 cm³/mol. The minimum atomic E-state index is 0.237. The molecular formula is C22H26N4OS2. The van der Waals surface area contributed by atoms with Gasteiger partial charge < -0.3 is 4.90 Å². The number of rotatable bonds is 5. The van der Waals surface area contributed by atoms with Gasteiger partial charge in [-0.3, -0.25) is 4.79 Å². The van der Waals surface area contributed by atoms with Crippen LogP contribution in [0.5, 0.6) is 0 Å². The lowest BCUT2D eigenvalue weighted by atomic mass is 9.97. The van der Waals surface area contributed by atoms with Crippen LogP contribution in [0.1, 0.15) is 47.1 Å². The molecule has 152 valence electrons. The van der Waals surface area contributed by atoms with E-state index >= 15 is 0 Å². The van der Waals surface area contributed by atoms with Crippen molar-refractivity contribution in [3.8, 4) is 0 Å². The molecule has 0 saturated carbocycles. The molecule has 3 aromatic rings. The number of aryl methyl sites for hydroxylation is 2. The quantitative estimate of drug-likeness (QED) is 0.435. The summed E-state index contributed by atoms with van der Waals surface area (Å²) in [7, 11) is 0. The summed E-state index contributed by atoms with van der Waals surface area (Å²) in [4.78, 5) is 28.7. The van der Waals surface area contributed by atoms with Crippen LogP contribution in [0, 0.1) is 13.8 Å². The van der Waals surface area contributed by atoms with Crippen LogP contribution >= 0.6 is 23.1 Å². The smallest absolute Gasteiger partial charge is 0.222 e. The summed E-state index contributed by atoms with van der Waals surface area (Å²) in [6.45, 7) is 5.66. The molecule has 5 nitrogen and oxygen atoms in total. The van der Waals surface area contributed by atoms with E-state index in [4.69, 9.17) is 4.98 Å². The van der Waals surface area contributed by atoms with E-state index in [-0.39, 0.29) is 5.91 Å². The summed E-state index contributed by atoms with van der Waals surface area (Å²) in [5, 5.41) is 2.02. The van der Waals surface area contributed by atoms with Crippen LogP contribution in [0.4, 0.5) is 0 Å². The molecule has 1 amide bonds. The number of thiazole rings is 1. The molecule has 2 aromatic heterocycles. The van der Waals surface area contributed by atoms with Gasteiger partial charge >= 0.3 is 0 Å². The normalized spacial score (nSPS) is 15.2. The molecule has 0 spiro atoms. The van der Waals surface area contributed by atoms with E-state index < -0.39 is 0 Å². The average molecular weight is 427 g/mol. The van der Waals surface area contributed by atoms with Crippen LogP contribution in [0.2, 0.25) is 0 Å². The van der Waals surface area contributed by atoms with Gasteiger partial charge in [-0.05, 0) is 57.1 Å². The number of likely N-dealkylation sites (tertiary alicyclic amines) is 1. The SMILES string of the molecule is CSc1nc(C)c(CCC(=O)N2CCC(c3nc4ccccc4s3)CC2)c(C)n1. The fourth-order valence-corrected chi connectivity index (χ4v) is 5.59. The molecule has 29 heavy (non-hydrogen) atoms. The van der Waals surface area contributed by atoms with Crippen molar-refractivity contribution in [2.75, 3.05) is 19.3 Å². The first-order valence-electron chi connectivity index (χ1n) is 10.1. The van der Waals surface area contributed by atoms with Crippen molar-refractivity contribution in [1.29, 1.82) is 0 Å². The van der Waals surface area contributed by atoms with Crippen molar-refractivity contribution in [2.24, 2.45) is 0 Å². The van der Waals surface area contributed by atoms with Gasteiger partial charge in [0.1, 0.15) is 0 Å². The Morgan fingerprint density at radius 2 is 1.83 bits per heavy atom. The number of nitrogens with zero attached hydrogens (tertiary/aromatic N) is 4. The number of fused-ring (bicyclic) bond motifs is 1. The second-order valence-corrected chi connectivity index (χ2v) is 9.37. The van der Waals surface area contributed by atoms with E-state index in [1.54, 1.807) is 23.1 Å². The molecule has 1 fully saturated rings. The van der Waals surface area contributed by atoms with Gasteiger partial charge in [-0.25, -0.2) is 15.0 Å². The molecule has 0 N–H and O–H groups in total. The maximum atomic E-state index is 12.8. The topological polar surface area (TPSA) is 59.0 Å². The third-order valence-corrected chi connectivity index (χ3v) is 7.43. The fourth-order valence-electron chi connectivity index (χ4n) is 3.99. The highest BCUT2D eigenvalue weighted by Gasteiger charge is 2.26. The zero-order valence-electron chi connectivity index (χ0n) is 17.1. The Balaban J connectivity index is 1.33. The Morgan fingerprint density at radius 3 is 2.48 bits per heavy atom. The second kappa shape index (κ2) is 8.79. The highest BCUT2D eigenvalue weighted by atomic mass is 32.2. The van der Waals surface area contributed by atoms with Gasteiger partial charge in [0, 0.05) is 36.8 Å². The Morgan fingerprint density at radius 1 is 1.14 bits per heavy atom. The predicted octanol–water partition coefficient (Wildman–Crippen LogP) is 4.76. The van der Waals surface area contributed by atoms with Gasteiger partial charge in [-0.1, -0.05) is 23.9 Å².